The van der Waals surface area contributed by atoms with Gasteiger partial charge in [-0.25, -0.2) is 0 Å². The highest BCUT2D eigenvalue weighted by molar-refractivity contribution is 5.95. The smallest absolute Gasteiger partial charge is 0.251 e. The van der Waals surface area contributed by atoms with Gasteiger partial charge >= 0.3 is 0 Å². The predicted molar refractivity (Wildman–Crippen MR) is 92.1 cm³/mol. The molecule has 0 fully saturated rings. The lowest BCUT2D eigenvalue weighted by Crippen LogP contribution is -2.25. The van der Waals surface area contributed by atoms with Crippen molar-refractivity contribution >= 4 is 11.6 Å². The molecule has 2 aromatic rings. The molecule has 0 atom stereocenters. The maximum Gasteiger partial charge on any atom is 0.251 e. The van der Waals surface area contributed by atoms with Gasteiger partial charge in [-0.1, -0.05) is 6.07 Å². The maximum atomic E-state index is 12.3. The van der Waals surface area contributed by atoms with Gasteiger partial charge in [0.1, 0.15) is 13.2 Å². The monoisotopic (exact) mass is 324 g/mol. The Bertz CT molecular complexity index is 773. The first kappa shape index (κ1) is 14.9. The second-order valence-electron chi connectivity index (χ2n) is 6.03. The lowest BCUT2D eigenvalue weighted by Gasteiger charge is -2.18. The summed E-state index contributed by atoms with van der Waals surface area (Å²) in [7, 11) is 0. The van der Waals surface area contributed by atoms with E-state index in [1.54, 1.807) is 0 Å². The van der Waals surface area contributed by atoms with Crippen molar-refractivity contribution in [3.8, 4) is 11.5 Å². The van der Waals surface area contributed by atoms with Gasteiger partial charge in [-0.05, 0) is 54.3 Å². The molecule has 24 heavy (non-hydrogen) atoms. The van der Waals surface area contributed by atoms with Crippen molar-refractivity contribution in [1.29, 1.82) is 0 Å². The third-order valence-electron chi connectivity index (χ3n) is 4.38. The third-order valence-corrected chi connectivity index (χ3v) is 4.38. The Labute approximate surface area is 141 Å². The number of carbonyl (C=O) groups excluding carboxylic acids is 1. The molecule has 0 bridgehead atoms. The summed E-state index contributed by atoms with van der Waals surface area (Å²) in [6.07, 6.45) is 1.74. The molecule has 4 rings (SSSR count). The number of hydrogen-bond acceptors (Lipinski definition) is 4. The Morgan fingerprint density at radius 1 is 1.08 bits per heavy atom. The van der Waals surface area contributed by atoms with Crippen molar-refractivity contribution in [2.75, 3.05) is 31.6 Å². The Hall–Kier alpha value is -2.69. The minimum absolute atomic E-state index is 0.0257. The molecule has 1 amide bonds. The average Bonchev–Trinajstić information content (AvgIpc) is 3.09. The van der Waals surface area contributed by atoms with Crippen LogP contribution in [0.25, 0.3) is 0 Å². The van der Waals surface area contributed by atoms with Crippen molar-refractivity contribution < 1.29 is 14.3 Å². The molecule has 124 valence electrons. The van der Waals surface area contributed by atoms with E-state index in [0.717, 1.165) is 47.7 Å². The highest BCUT2D eigenvalue weighted by atomic mass is 16.6. The number of carbonyl (C=O) groups is 1. The first-order valence-electron chi connectivity index (χ1n) is 8.33. The fourth-order valence-electron chi connectivity index (χ4n) is 3.11. The summed E-state index contributed by atoms with van der Waals surface area (Å²) in [5, 5.41) is 6.29. The lowest BCUT2D eigenvalue weighted by molar-refractivity contribution is 0.0954. The number of benzene rings is 2. The van der Waals surface area contributed by atoms with Crippen LogP contribution in [0, 0.1) is 0 Å². The van der Waals surface area contributed by atoms with Crippen LogP contribution in [0.3, 0.4) is 0 Å². The number of fused-ring (bicyclic) bond motifs is 2. The molecule has 0 radical (unpaired) electrons. The molecule has 0 aromatic heterocycles. The molecule has 0 saturated carbocycles. The van der Waals surface area contributed by atoms with E-state index >= 15 is 0 Å². The van der Waals surface area contributed by atoms with Crippen LogP contribution >= 0.6 is 0 Å². The van der Waals surface area contributed by atoms with E-state index in [-0.39, 0.29) is 5.91 Å². The van der Waals surface area contributed by atoms with Crippen molar-refractivity contribution in [2.45, 2.75) is 12.8 Å². The fraction of sp³-hybridized carbons (Fsp3) is 0.316. The molecule has 2 heterocycles. The standard InChI is InChI=1S/C19H20N2O3/c22-19(15-2-3-16-14(12-15)6-8-20-16)21-7-5-13-1-4-17-18(11-13)24-10-9-23-17/h1-4,11-12,20H,5-10H2,(H,21,22). The zero-order valence-electron chi connectivity index (χ0n) is 13.4. The van der Waals surface area contributed by atoms with E-state index in [4.69, 9.17) is 9.47 Å². The minimum Gasteiger partial charge on any atom is -0.486 e. The van der Waals surface area contributed by atoms with Gasteiger partial charge in [0.05, 0.1) is 0 Å². The van der Waals surface area contributed by atoms with Crippen molar-refractivity contribution in [2.24, 2.45) is 0 Å². The summed E-state index contributed by atoms with van der Waals surface area (Å²) in [5.74, 6) is 1.55. The number of anilines is 1. The summed E-state index contributed by atoms with van der Waals surface area (Å²) < 4.78 is 11.1. The first-order valence-corrected chi connectivity index (χ1v) is 8.33. The third kappa shape index (κ3) is 3.02. The van der Waals surface area contributed by atoms with E-state index in [1.807, 2.05) is 36.4 Å². The average molecular weight is 324 g/mol. The fourth-order valence-corrected chi connectivity index (χ4v) is 3.11. The zero-order chi connectivity index (χ0) is 16.4. The Kier molecular flexibility index (Phi) is 3.99. The van der Waals surface area contributed by atoms with Gasteiger partial charge < -0.3 is 20.1 Å². The van der Waals surface area contributed by atoms with E-state index in [1.165, 1.54) is 5.56 Å². The van der Waals surface area contributed by atoms with E-state index in [0.29, 0.717) is 19.8 Å². The normalized spacial score (nSPS) is 14.7. The van der Waals surface area contributed by atoms with Crippen molar-refractivity contribution in [3.05, 3.63) is 53.1 Å². The topological polar surface area (TPSA) is 59.6 Å². The maximum absolute atomic E-state index is 12.3. The number of amides is 1. The van der Waals surface area contributed by atoms with Crippen LogP contribution in [0.15, 0.2) is 36.4 Å². The molecule has 2 N–H and O–H groups in total. The summed E-state index contributed by atoms with van der Waals surface area (Å²) in [6.45, 7) is 2.72. The van der Waals surface area contributed by atoms with Gasteiger partial charge in [0.25, 0.3) is 5.91 Å². The number of nitrogens with one attached hydrogen (secondary N) is 2. The van der Waals surface area contributed by atoms with Crippen molar-refractivity contribution in [1.82, 2.24) is 5.32 Å². The Morgan fingerprint density at radius 2 is 1.96 bits per heavy atom. The van der Waals surface area contributed by atoms with Gasteiger partial charge in [0, 0.05) is 24.3 Å². The zero-order valence-corrected chi connectivity index (χ0v) is 13.4. The minimum atomic E-state index is -0.0257. The molecule has 5 nitrogen and oxygen atoms in total. The lowest BCUT2D eigenvalue weighted by atomic mass is 10.1. The second kappa shape index (κ2) is 6.43. The van der Waals surface area contributed by atoms with Crippen LogP contribution in [-0.4, -0.2) is 32.2 Å². The van der Waals surface area contributed by atoms with Crippen LogP contribution in [-0.2, 0) is 12.8 Å². The highest BCUT2D eigenvalue weighted by Crippen LogP contribution is 2.30. The second-order valence-corrected chi connectivity index (χ2v) is 6.03. The Balaban J connectivity index is 1.34. The molecular weight excluding hydrogens is 304 g/mol. The number of hydrogen-bond donors (Lipinski definition) is 2. The molecule has 0 aliphatic carbocycles. The SMILES string of the molecule is O=C(NCCc1ccc2c(c1)OCCO2)c1ccc2c(c1)CCN2. The summed E-state index contributed by atoms with van der Waals surface area (Å²) in [4.78, 5) is 12.3. The number of ether oxygens (including phenoxy) is 2. The number of rotatable bonds is 4. The summed E-state index contributed by atoms with van der Waals surface area (Å²) >= 11 is 0. The van der Waals surface area contributed by atoms with Crippen LogP contribution in [0.1, 0.15) is 21.5 Å². The molecule has 0 saturated heterocycles. The van der Waals surface area contributed by atoms with E-state index in [9.17, 15) is 4.79 Å². The molecule has 2 aliphatic heterocycles. The van der Waals surface area contributed by atoms with Crippen LogP contribution in [0.5, 0.6) is 11.5 Å². The summed E-state index contributed by atoms with van der Waals surface area (Å²) in [5.41, 5.74) is 4.20. The first-order chi connectivity index (χ1) is 11.8. The molecule has 5 heteroatoms. The van der Waals surface area contributed by atoms with Crippen LogP contribution < -0.4 is 20.1 Å². The van der Waals surface area contributed by atoms with Gasteiger partial charge in [-0.3, -0.25) is 4.79 Å². The van der Waals surface area contributed by atoms with E-state index < -0.39 is 0 Å². The molecule has 2 aromatic carbocycles. The molecule has 0 spiro atoms. The van der Waals surface area contributed by atoms with E-state index in [2.05, 4.69) is 10.6 Å². The largest absolute Gasteiger partial charge is 0.486 e. The highest BCUT2D eigenvalue weighted by Gasteiger charge is 2.14. The van der Waals surface area contributed by atoms with Gasteiger partial charge in [-0.2, -0.15) is 0 Å². The van der Waals surface area contributed by atoms with Crippen LogP contribution in [0.4, 0.5) is 5.69 Å². The van der Waals surface area contributed by atoms with Gasteiger partial charge in [0.15, 0.2) is 11.5 Å². The Morgan fingerprint density at radius 3 is 2.88 bits per heavy atom. The van der Waals surface area contributed by atoms with Gasteiger partial charge in [-0.15, -0.1) is 0 Å². The quantitative estimate of drug-likeness (QED) is 0.907. The molecule has 2 aliphatic rings. The van der Waals surface area contributed by atoms with Crippen LogP contribution in [0.2, 0.25) is 0 Å². The molecular formula is C19H20N2O3. The van der Waals surface area contributed by atoms with Gasteiger partial charge in [0.2, 0.25) is 0 Å². The molecule has 0 unspecified atom stereocenters. The van der Waals surface area contributed by atoms with Crippen molar-refractivity contribution in [3.63, 3.8) is 0 Å². The predicted octanol–water partition coefficient (Wildman–Crippen LogP) is 2.40. The summed E-state index contributed by atoms with van der Waals surface area (Å²) in [6, 6.07) is 11.8.